The largest absolute Gasteiger partial charge is 0.438 e. The van der Waals surface area contributed by atoms with Gasteiger partial charge in [0.1, 0.15) is 5.75 Å². The average Bonchev–Trinajstić information content (AvgIpc) is 2.42. The number of nitrogens with zero attached hydrogens (tertiary/aromatic N) is 1. The van der Waals surface area contributed by atoms with Crippen molar-refractivity contribution in [1.82, 2.24) is 10.3 Å². The lowest BCUT2D eigenvalue weighted by atomic mass is 10.2. The number of nitrogens with one attached hydrogen (secondary N) is 1. The van der Waals surface area contributed by atoms with Crippen LogP contribution in [0.4, 0.5) is 0 Å². The summed E-state index contributed by atoms with van der Waals surface area (Å²) >= 11 is 9.36. The molecule has 0 aliphatic heterocycles. The maximum Gasteiger partial charge on any atom is 0.219 e. The standard InChI is InChI=1S/C15H16BrClN2O/c1-3-12-6-10(9-18-2)7-15(19-12)20-14-5-4-11(17)8-13(14)16/h4-8,18H,3,9H2,1-2H3. The summed E-state index contributed by atoms with van der Waals surface area (Å²) in [4.78, 5) is 4.49. The molecule has 0 radical (unpaired) electrons. The molecule has 0 unspecified atom stereocenters. The van der Waals surface area contributed by atoms with Gasteiger partial charge in [0.25, 0.3) is 0 Å². The second-order valence-corrected chi connectivity index (χ2v) is 5.66. The molecule has 1 aromatic carbocycles. The first-order valence-electron chi connectivity index (χ1n) is 6.39. The van der Waals surface area contributed by atoms with Gasteiger partial charge in [0.05, 0.1) is 4.47 Å². The van der Waals surface area contributed by atoms with Gasteiger partial charge in [-0.05, 0) is 59.2 Å². The second kappa shape index (κ2) is 7.07. The Labute approximate surface area is 132 Å². The number of aryl methyl sites for hydroxylation is 1. The molecule has 0 aliphatic rings. The molecule has 5 heteroatoms. The van der Waals surface area contributed by atoms with E-state index >= 15 is 0 Å². The molecule has 1 N–H and O–H groups in total. The van der Waals surface area contributed by atoms with Crippen molar-refractivity contribution in [3.05, 3.63) is 51.1 Å². The Balaban J connectivity index is 2.29. The Morgan fingerprint density at radius 1 is 1.30 bits per heavy atom. The van der Waals surface area contributed by atoms with Gasteiger partial charge in [0.15, 0.2) is 0 Å². The molecule has 0 amide bonds. The van der Waals surface area contributed by atoms with Crippen molar-refractivity contribution in [2.75, 3.05) is 7.05 Å². The van der Waals surface area contributed by atoms with Crippen molar-refractivity contribution in [2.45, 2.75) is 19.9 Å². The van der Waals surface area contributed by atoms with Crippen molar-refractivity contribution >= 4 is 27.5 Å². The lowest BCUT2D eigenvalue weighted by Gasteiger charge is -2.10. The number of benzene rings is 1. The molecule has 2 aromatic rings. The Morgan fingerprint density at radius 3 is 2.75 bits per heavy atom. The maximum absolute atomic E-state index is 5.92. The van der Waals surface area contributed by atoms with Gasteiger partial charge in [0.2, 0.25) is 5.88 Å². The van der Waals surface area contributed by atoms with E-state index in [-0.39, 0.29) is 0 Å². The van der Waals surface area contributed by atoms with E-state index < -0.39 is 0 Å². The van der Waals surface area contributed by atoms with Crippen LogP contribution in [0.3, 0.4) is 0 Å². The van der Waals surface area contributed by atoms with Crippen molar-refractivity contribution in [1.29, 1.82) is 0 Å². The molecule has 20 heavy (non-hydrogen) atoms. The van der Waals surface area contributed by atoms with E-state index in [0.29, 0.717) is 16.7 Å². The van der Waals surface area contributed by atoms with Gasteiger partial charge in [-0.1, -0.05) is 18.5 Å². The van der Waals surface area contributed by atoms with Crippen LogP contribution in [0.2, 0.25) is 5.02 Å². The van der Waals surface area contributed by atoms with E-state index in [1.165, 1.54) is 0 Å². The minimum atomic E-state index is 0.595. The first-order valence-corrected chi connectivity index (χ1v) is 7.56. The summed E-state index contributed by atoms with van der Waals surface area (Å²) in [7, 11) is 1.92. The molecule has 0 spiro atoms. The lowest BCUT2D eigenvalue weighted by Crippen LogP contribution is -2.06. The van der Waals surface area contributed by atoms with Gasteiger partial charge >= 0.3 is 0 Å². The third-order valence-corrected chi connectivity index (χ3v) is 3.62. The van der Waals surface area contributed by atoms with Crippen LogP contribution < -0.4 is 10.1 Å². The molecule has 1 heterocycles. The number of hydrogen-bond acceptors (Lipinski definition) is 3. The molecule has 106 valence electrons. The quantitative estimate of drug-likeness (QED) is 0.853. The van der Waals surface area contributed by atoms with Crippen LogP contribution in [0.1, 0.15) is 18.2 Å². The van der Waals surface area contributed by atoms with Crippen molar-refractivity contribution in [3.63, 3.8) is 0 Å². The number of aromatic nitrogens is 1. The highest BCUT2D eigenvalue weighted by atomic mass is 79.9. The number of ether oxygens (including phenoxy) is 1. The van der Waals surface area contributed by atoms with Crippen LogP contribution in [0, 0.1) is 0 Å². The minimum Gasteiger partial charge on any atom is -0.438 e. The van der Waals surface area contributed by atoms with Gasteiger partial charge < -0.3 is 10.1 Å². The monoisotopic (exact) mass is 354 g/mol. The minimum absolute atomic E-state index is 0.595. The Hall–Kier alpha value is -1.10. The number of pyridine rings is 1. The summed E-state index contributed by atoms with van der Waals surface area (Å²) in [5.41, 5.74) is 2.16. The van der Waals surface area contributed by atoms with Crippen molar-refractivity contribution in [2.24, 2.45) is 0 Å². The molecule has 0 saturated heterocycles. The van der Waals surface area contributed by atoms with E-state index in [1.807, 2.05) is 19.2 Å². The fourth-order valence-corrected chi connectivity index (χ4v) is 2.59. The highest BCUT2D eigenvalue weighted by Crippen LogP contribution is 2.31. The third-order valence-electron chi connectivity index (χ3n) is 2.77. The molecule has 0 bridgehead atoms. The molecular weight excluding hydrogens is 340 g/mol. The van der Waals surface area contributed by atoms with Crippen LogP contribution in [0.25, 0.3) is 0 Å². The molecule has 1 aromatic heterocycles. The first-order chi connectivity index (χ1) is 9.62. The van der Waals surface area contributed by atoms with Crippen LogP contribution in [0.5, 0.6) is 11.6 Å². The van der Waals surface area contributed by atoms with E-state index in [2.05, 4.69) is 39.2 Å². The predicted molar refractivity (Wildman–Crippen MR) is 85.6 cm³/mol. The maximum atomic E-state index is 5.92. The predicted octanol–water partition coefficient (Wildman–Crippen LogP) is 4.57. The van der Waals surface area contributed by atoms with Gasteiger partial charge in [-0.3, -0.25) is 0 Å². The fraction of sp³-hybridized carbons (Fsp3) is 0.267. The SMILES string of the molecule is CCc1cc(CNC)cc(Oc2ccc(Cl)cc2Br)n1. The van der Waals surface area contributed by atoms with E-state index in [0.717, 1.165) is 28.7 Å². The van der Waals surface area contributed by atoms with Crippen LogP contribution in [0.15, 0.2) is 34.8 Å². The zero-order chi connectivity index (χ0) is 14.5. The Morgan fingerprint density at radius 2 is 2.10 bits per heavy atom. The Kier molecular flexibility index (Phi) is 5.40. The third kappa shape index (κ3) is 3.95. The highest BCUT2D eigenvalue weighted by molar-refractivity contribution is 9.10. The summed E-state index contributed by atoms with van der Waals surface area (Å²) < 4.78 is 6.66. The van der Waals surface area contributed by atoms with Crippen molar-refractivity contribution < 1.29 is 4.74 Å². The van der Waals surface area contributed by atoms with Gasteiger partial charge in [-0.15, -0.1) is 0 Å². The zero-order valence-corrected chi connectivity index (χ0v) is 13.8. The highest BCUT2D eigenvalue weighted by Gasteiger charge is 2.07. The summed E-state index contributed by atoms with van der Waals surface area (Å²) in [5, 5.41) is 3.80. The molecule has 0 atom stereocenters. The van der Waals surface area contributed by atoms with E-state index in [1.54, 1.807) is 12.1 Å². The van der Waals surface area contributed by atoms with Crippen LogP contribution in [-0.2, 0) is 13.0 Å². The van der Waals surface area contributed by atoms with Gasteiger partial charge in [-0.2, -0.15) is 0 Å². The van der Waals surface area contributed by atoms with Gasteiger partial charge in [0, 0.05) is 23.3 Å². The smallest absolute Gasteiger partial charge is 0.219 e. The molecule has 3 nitrogen and oxygen atoms in total. The summed E-state index contributed by atoms with van der Waals surface area (Å²) in [6, 6.07) is 9.44. The normalized spacial score (nSPS) is 10.6. The van der Waals surface area contributed by atoms with Gasteiger partial charge in [-0.25, -0.2) is 4.98 Å². The van der Waals surface area contributed by atoms with Crippen LogP contribution >= 0.6 is 27.5 Å². The topological polar surface area (TPSA) is 34.1 Å². The molecular formula is C15H16BrClN2O. The summed E-state index contributed by atoms with van der Waals surface area (Å²) in [5.74, 6) is 1.29. The average molecular weight is 356 g/mol. The van der Waals surface area contributed by atoms with Crippen molar-refractivity contribution in [3.8, 4) is 11.6 Å². The van der Waals surface area contributed by atoms with Crippen LogP contribution in [-0.4, -0.2) is 12.0 Å². The number of halogens is 2. The summed E-state index contributed by atoms with van der Waals surface area (Å²) in [6.45, 7) is 2.86. The first kappa shape index (κ1) is 15.3. The Bertz CT molecular complexity index is 604. The zero-order valence-electron chi connectivity index (χ0n) is 11.4. The lowest BCUT2D eigenvalue weighted by molar-refractivity contribution is 0.457. The fourth-order valence-electron chi connectivity index (χ4n) is 1.83. The van der Waals surface area contributed by atoms with E-state index in [4.69, 9.17) is 16.3 Å². The van der Waals surface area contributed by atoms with E-state index in [9.17, 15) is 0 Å². The molecule has 0 aliphatic carbocycles. The molecule has 0 fully saturated rings. The second-order valence-electron chi connectivity index (χ2n) is 4.37. The summed E-state index contributed by atoms with van der Waals surface area (Å²) in [6.07, 6.45) is 0.871. The number of hydrogen-bond donors (Lipinski definition) is 1. The number of rotatable bonds is 5. The molecule has 2 rings (SSSR count). The molecule has 0 saturated carbocycles.